The van der Waals surface area contributed by atoms with E-state index in [1.54, 1.807) is 18.5 Å². The first-order chi connectivity index (χ1) is 11.1. The molecule has 1 aliphatic heterocycles. The molecular weight excluding hydrogens is 298 g/mol. The first-order valence-electron chi connectivity index (χ1n) is 7.15. The van der Waals surface area contributed by atoms with E-state index < -0.39 is 11.5 Å². The molecule has 1 aliphatic rings. The predicted octanol–water partition coefficient (Wildman–Crippen LogP) is 1.51. The van der Waals surface area contributed by atoms with E-state index in [0.717, 1.165) is 11.9 Å². The zero-order valence-electron chi connectivity index (χ0n) is 12.4. The molecule has 0 aliphatic carbocycles. The Kier molecular flexibility index (Phi) is 3.88. The fraction of sp³-hybridized carbons (Fsp3) is 0.267. The summed E-state index contributed by atoms with van der Waals surface area (Å²) in [6, 6.07) is 3.47. The predicted molar refractivity (Wildman–Crippen MR) is 83.8 cm³/mol. The SMILES string of the molecule is CC1CC/C(=N\Nc2cccnc2)c2ncc(C(=O)O)c(=O)n21. The van der Waals surface area contributed by atoms with Crippen molar-refractivity contribution in [3.8, 4) is 0 Å². The van der Waals surface area contributed by atoms with Crippen LogP contribution in [0.3, 0.4) is 0 Å². The van der Waals surface area contributed by atoms with Gasteiger partial charge >= 0.3 is 5.97 Å². The van der Waals surface area contributed by atoms with Gasteiger partial charge in [0.2, 0.25) is 0 Å². The zero-order valence-corrected chi connectivity index (χ0v) is 12.4. The first-order valence-corrected chi connectivity index (χ1v) is 7.15. The van der Waals surface area contributed by atoms with Gasteiger partial charge in [-0.05, 0) is 31.9 Å². The van der Waals surface area contributed by atoms with Gasteiger partial charge in [0.05, 0.1) is 11.9 Å². The van der Waals surface area contributed by atoms with Crippen LogP contribution >= 0.6 is 0 Å². The van der Waals surface area contributed by atoms with Crippen LogP contribution in [0.4, 0.5) is 5.69 Å². The van der Waals surface area contributed by atoms with Crippen LogP contribution in [0.25, 0.3) is 0 Å². The molecule has 3 heterocycles. The minimum atomic E-state index is -1.28. The topological polar surface area (TPSA) is 109 Å². The Morgan fingerprint density at radius 2 is 2.30 bits per heavy atom. The molecule has 0 aromatic carbocycles. The van der Waals surface area contributed by atoms with Gasteiger partial charge in [0.1, 0.15) is 11.3 Å². The number of carboxylic acid groups (broad SMARTS) is 1. The van der Waals surface area contributed by atoms with Gasteiger partial charge in [-0.1, -0.05) is 0 Å². The van der Waals surface area contributed by atoms with Crippen molar-refractivity contribution in [1.29, 1.82) is 0 Å². The van der Waals surface area contributed by atoms with Gasteiger partial charge in [-0.15, -0.1) is 0 Å². The third-order valence-electron chi connectivity index (χ3n) is 3.70. The summed E-state index contributed by atoms with van der Waals surface area (Å²) >= 11 is 0. The summed E-state index contributed by atoms with van der Waals surface area (Å²) in [4.78, 5) is 31.6. The number of carboxylic acids is 1. The minimum Gasteiger partial charge on any atom is -0.477 e. The van der Waals surface area contributed by atoms with Crippen molar-refractivity contribution in [2.24, 2.45) is 5.10 Å². The van der Waals surface area contributed by atoms with Gasteiger partial charge in [0.15, 0.2) is 5.82 Å². The second kappa shape index (κ2) is 5.99. The van der Waals surface area contributed by atoms with E-state index in [0.29, 0.717) is 24.4 Å². The number of aromatic carboxylic acids is 1. The lowest BCUT2D eigenvalue weighted by Gasteiger charge is -2.25. The van der Waals surface area contributed by atoms with Crippen LogP contribution in [0.5, 0.6) is 0 Å². The van der Waals surface area contributed by atoms with Gasteiger partial charge < -0.3 is 5.11 Å². The van der Waals surface area contributed by atoms with E-state index in [4.69, 9.17) is 5.11 Å². The first kappa shape index (κ1) is 14.9. The van der Waals surface area contributed by atoms with E-state index in [-0.39, 0.29) is 11.6 Å². The van der Waals surface area contributed by atoms with Crippen molar-refractivity contribution in [2.75, 3.05) is 5.43 Å². The highest BCUT2D eigenvalue weighted by atomic mass is 16.4. The Hall–Kier alpha value is -3.03. The lowest BCUT2D eigenvalue weighted by molar-refractivity contribution is 0.0693. The van der Waals surface area contributed by atoms with Crippen molar-refractivity contribution in [3.63, 3.8) is 0 Å². The van der Waals surface area contributed by atoms with Gasteiger partial charge in [-0.25, -0.2) is 9.78 Å². The molecular formula is C15H15N5O3. The summed E-state index contributed by atoms with van der Waals surface area (Å²) in [7, 11) is 0. The summed E-state index contributed by atoms with van der Waals surface area (Å²) in [5.74, 6) is -0.877. The van der Waals surface area contributed by atoms with Crippen molar-refractivity contribution >= 4 is 17.4 Å². The smallest absolute Gasteiger partial charge is 0.342 e. The number of nitrogens with one attached hydrogen (secondary N) is 1. The number of nitrogens with zero attached hydrogens (tertiary/aromatic N) is 4. The van der Waals surface area contributed by atoms with E-state index in [1.165, 1.54) is 4.57 Å². The highest BCUT2D eigenvalue weighted by Gasteiger charge is 2.26. The molecule has 0 saturated heterocycles. The molecule has 3 rings (SSSR count). The van der Waals surface area contributed by atoms with Gasteiger partial charge in [-0.2, -0.15) is 5.10 Å². The number of hydrazone groups is 1. The van der Waals surface area contributed by atoms with Crippen LogP contribution in [0, 0.1) is 0 Å². The zero-order chi connectivity index (χ0) is 16.4. The number of aromatic nitrogens is 3. The van der Waals surface area contributed by atoms with Crippen molar-refractivity contribution in [1.82, 2.24) is 14.5 Å². The highest BCUT2D eigenvalue weighted by molar-refractivity contribution is 5.99. The van der Waals surface area contributed by atoms with Crippen LogP contribution < -0.4 is 11.0 Å². The monoisotopic (exact) mass is 313 g/mol. The Morgan fingerprint density at radius 3 is 3.00 bits per heavy atom. The van der Waals surface area contributed by atoms with Crippen LogP contribution in [-0.4, -0.2) is 31.3 Å². The lowest BCUT2D eigenvalue weighted by Crippen LogP contribution is -2.37. The molecule has 2 aromatic heterocycles. The Bertz CT molecular complexity index is 829. The molecule has 0 amide bonds. The third kappa shape index (κ3) is 2.83. The molecule has 8 heteroatoms. The van der Waals surface area contributed by atoms with Crippen molar-refractivity contribution in [2.45, 2.75) is 25.8 Å². The molecule has 118 valence electrons. The molecule has 0 radical (unpaired) electrons. The Labute approximate surface area is 131 Å². The molecule has 8 nitrogen and oxygen atoms in total. The molecule has 0 bridgehead atoms. The number of fused-ring (bicyclic) bond motifs is 1. The summed E-state index contributed by atoms with van der Waals surface area (Å²) in [6.07, 6.45) is 5.71. The van der Waals surface area contributed by atoms with Gasteiger partial charge in [0.25, 0.3) is 5.56 Å². The molecule has 2 aromatic rings. The molecule has 1 atom stereocenters. The van der Waals surface area contributed by atoms with E-state index >= 15 is 0 Å². The molecule has 0 fully saturated rings. The highest BCUT2D eigenvalue weighted by Crippen LogP contribution is 2.22. The lowest BCUT2D eigenvalue weighted by atomic mass is 10.0. The molecule has 0 spiro atoms. The number of carbonyl (C=O) groups is 1. The van der Waals surface area contributed by atoms with Crippen LogP contribution in [0.2, 0.25) is 0 Å². The van der Waals surface area contributed by atoms with E-state index in [1.807, 2.05) is 13.0 Å². The van der Waals surface area contributed by atoms with Crippen molar-refractivity contribution < 1.29 is 9.90 Å². The van der Waals surface area contributed by atoms with Crippen LogP contribution in [0.15, 0.2) is 40.6 Å². The summed E-state index contributed by atoms with van der Waals surface area (Å²) in [5.41, 5.74) is 3.33. The minimum absolute atomic E-state index is 0.123. The fourth-order valence-electron chi connectivity index (χ4n) is 2.49. The fourth-order valence-corrected chi connectivity index (χ4v) is 2.49. The summed E-state index contributed by atoms with van der Waals surface area (Å²) in [5, 5.41) is 13.4. The second-order valence-electron chi connectivity index (χ2n) is 5.28. The van der Waals surface area contributed by atoms with Gasteiger partial charge in [-0.3, -0.25) is 19.8 Å². The normalized spacial score (nSPS) is 18.5. The van der Waals surface area contributed by atoms with Crippen LogP contribution in [0.1, 0.15) is 42.0 Å². The number of hydrogen-bond acceptors (Lipinski definition) is 6. The average Bonchev–Trinajstić information content (AvgIpc) is 2.55. The maximum Gasteiger partial charge on any atom is 0.342 e. The number of anilines is 1. The standard InChI is InChI=1S/C15H15N5O3/c1-9-4-5-12(19-18-10-3-2-6-16-7-10)13-17-8-11(15(22)23)14(21)20(9)13/h2-3,6-9,18H,4-5H2,1H3,(H,22,23)/b19-12+. The quantitative estimate of drug-likeness (QED) is 0.831. The number of rotatable bonds is 3. The second-order valence-corrected chi connectivity index (χ2v) is 5.28. The Balaban J connectivity index is 2.01. The summed E-state index contributed by atoms with van der Waals surface area (Å²) < 4.78 is 1.40. The Morgan fingerprint density at radius 1 is 1.48 bits per heavy atom. The molecule has 1 unspecified atom stereocenters. The molecule has 2 N–H and O–H groups in total. The molecule has 0 saturated carbocycles. The maximum atomic E-state index is 12.3. The van der Waals surface area contributed by atoms with Crippen LogP contribution in [-0.2, 0) is 0 Å². The molecule has 23 heavy (non-hydrogen) atoms. The van der Waals surface area contributed by atoms with Gasteiger partial charge in [0, 0.05) is 18.4 Å². The number of pyridine rings is 1. The maximum absolute atomic E-state index is 12.3. The van der Waals surface area contributed by atoms with E-state index in [9.17, 15) is 9.59 Å². The summed E-state index contributed by atoms with van der Waals surface area (Å²) in [6.45, 7) is 1.86. The largest absolute Gasteiger partial charge is 0.477 e. The third-order valence-corrected chi connectivity index (χ3v) is 3.70. The number of hydrogen-bond donors (Lipinski definition) is 2. The van der Waals surface area contributed by atoms with Crippen molar-refractivity contribution in [3.05, 3.63) is 52.5 Å². The average molecular weight is 313 g/mol. The van der Waals surface area contributed by atoms with E-state index in [2.05, 4.69) is 20.5 Å².